The van der Waals surface area contributed by atoms with Gasteiger partial charge in [-0.25, -0.2) is 0 Å². The third kappa shape index (κ3) is 3.38. The van der Waals surface area contributed by atoms with Crippen molar-refractivity contribution in [3.8, 4) is 5.75 Å². The Balaban J connectivity index is 2.82. The second-order valence-corrected chi connectivity index (χ2v) is 3.31. The van der Waals surface area contributed by atoms with Crippen LogP contribution in [0.4, 0.5) is 5.69 Å². The van der Waals surface area contributed by atoms with Crippen molar-refractivity contribution in [3.05, 3.63) is 24.3 Å². The molecule has 0 heterocycles. The number of hydrogen-bond donors (Lipinski definition) is 1. The molecule has 1 N–H and O–H groups in total. The highest BCUT2D eigenvalue weighted by Crippen LogP contribution is 2.18. The van der Waals surface area contributed by atoms with E-state index in [1.54, 1.807) is 13.8 Å². The van der Waals surface area contributed by atoms with Gasteiger partial charge in [-0.15, -0.1) is 0 Å². The van der Waals surface area contributed by atoms with Crippen LogP contribution in [-0.4, -0.2) is 23.2 Å². The number of ether oxygens (including phenoxy) is 1. The Kier molecular flexibility index (Phi) is 4.51. The van der Waals surface area contributed by atoms with Gasteiger partial charge < -0.3 is 9.94 Å². The molecule has 0 amide bonds. The highest BCUT2D eigenvalue weighted by Gasteiger charge is 1.98. The molecule has 0 fully saturated rings. The molecule has 4 heteroatoms. The molecule has 0 spiro atoms. The van der Waals surface area contributed by atoms with E-state index in [-0.39, 0.29) is 0 Å². The third-order valence-corrected chi connectivity index (χ3v) is 2.12. The monoisotopic (exact) mass is 220 g/mol. The van der Waals surface area contributed by atoms with Gasteiger partial charge in [0.1, 0.15) is 5.75 Å². The molecule has 0 saturated heterocycles. The highest BCUT2D eigenvalue weighted by atomic mass is 16.5. The summed E-state index contributed by atoms with van der Waals surface area (Å²) in [5.74, 6) is 0.826. The molecular formula is C12H16N2O2. The van der Waals surface area contributed by atoms with E-state index in [9.17, 15) is 0 Å². The number of aliphatic imine (C=N–C) groups is 1. The predicted molar refractivity (Wildman–Crippen MR) is 65.3 cm³/mol. The van der Waals surface area contributed by atoms with Gasteiger partial charge in [0, 0.05) is 0 Å². The van der Waals surface area contributed by atoms with E-state index in [0.717, 1.165) is 11.4 Å². The molecule has 0 aliphatic rings. The van der Waals surface area contributed by atoms with E-state index in [0.29, 0.717) is 18.0 Å². The van der Waals surface area contributed by atoms with Gasteiger partial charge in [-0.2, -0.15) is 0 Å². The number of hydrogen-bond acceptors (Lipinski definition) is 4. The topological polar surface area (TPSA) is 54.2 Å². The molecule has 0 atom stereocenters. The quantitative estimate of drug-likeness (QED) is 0.481. The molecule has 0 aliphatic carbocycles. The maximum Gasteiger partial charge on any atom is 0.119 e. The number of benzene rings is 1. The van der Waals surface area contributed by atoms with Crippen LogP contribution in [0.5, 0.6) is 5.75 Å². The number of rotatable bonds is 4. The fourth-order valence-corrected chi connectivity index (χ4v) is 1.13. The second-order valence-electron chi connectivity index (χ2n) is 3.31. The van der Waals surface area contributed by atoms with Crippen LogP contribution in [0.25, 0.3) is 0 Å². The largest absolute Gasteiger partial charge is 0.494 e. The maximum absolute atomic E-state index is 8.58. The smallest absolute Gasteiger partial charge is 0.119 e. The third-order valence-electron chi connectivity index (χ3n) is 2.12. The van der Waals surface area contributed by atoms with Crippen LogP contribution in [-0.2, 0) is 0 Å². The molecule has 86 valence electrons. The minimum Gasteiger partial charge on any atom is -0.494 e. The van der Waals surface area contributed by atoms with E-state index in [2.05, 4.69) is 10.1 Å². The molecule has 0 saturated carbocycles. The summed E-state index contributed by atoms with van der Waals surface area (Å²) in [4.78, 5) is 4.30. The van der Waals surface area contributed by atoms with Crippen molar-refractivity contribution >= 4 is 17.1 Å². The van der Waals surface area contributed by atoms with Gasteiger partial charge in [0.25, 0.3) is 0 Å². The van der Waals surface area contributed by atoms with Gasteiger partial charge >= 0.3 is 0 Å². The maximum atomic E-state index is 8.58. The van der Waals surface area contributed by atoms with Gasteiger partial charge in [-0.3, -0.25) is 4.99 Å². The first-order valence-corrected chi connectivity index (χ1v) is 5.14. The molecule has 4 nitrogen and oxygen atoms in total. The van der Waals surface area contributed by atoms with Crippen LogP contribution < -0.4 is 4.74 Å². The van der Waals surface area contributed by atoms with E-state index in [1.165, 1.54) is 0 Å². The molecule has 0 radical (unpaired) electrons. The van der Waals surface area contributed by atoms with Gasteiger partial charge in [0.05, 0.1) is 23.7 Å². The van der Waals surface area contributed by atoms with Gasteiger partial charge in [0.15, 0.2) is 0 Å². The van der Waals surface area contributed by atoms with E-state index >= 15 is 0 Å². The molecule has 1 aromatic carbocycles. The van der Waals surface area contributed by atoms with E-state index in [4.69, 9.17) is 9.94 Å². The Labute approximate surface area is 95.3 Å². The number of nitrogens with zero attached hydrogens (tertiary/aromatic N) is 2. The molecule has 1 aromatic rings. The van der Waals surface area contributed by atoms with Crippen molar-refractivity contribution in [3.63, 3.8) is 0 Å². The molecular weight excluding hydrogens is 204 g/mol. The predicted octanol–water partition coefficient (Wildman–Crippen LogP) is 3.03. The van der Waals surface area contributed by atoms with Crippen molar-refractivity contribution in [2.75, 3.05) is 6.61 Å². The Morgan fingerprint density at radius 1 is 1.19 bits per heavy atom. The van der Waals surface area contributed by atoms with Crippen molar-refractivity contribution in [1.29, 1.82) is 0 Å². The SMILES string of the molecule is CCOc1ccc(N=C(C)C(C)=NO)cc1. The molecule has 0 aromatic heterocycles. The lowest BCUT2D eigenvalue weighted by molar-refractivity contribution is 0.320. The molecule has 16 heavy (non-hydrogen) atoms. The Morgan fingerprint density at radius 3 is 2.31 bits per heavy atom. The Hall–Kier alpha value is -1.84. The van der Waals surface area contributed by atoms with Gasteiger partial charge in [-0.05, 0) is 45.0 Å². The van der Waals surface area contributed by atoms with E-state index < -0.39 is 0 Å². The van der Waals surface area contributed by atoms with Crippen LogP contribution in [0.2, 0.25) is 0 Å². The first kappa shape index (κ1) is 12.2. The molecule has 0 aliphatic heterocycles. The summed E-state index contributed by atoms with van der Waals surface area (Å²) in [6, 6.07) is 7.44. The first-order chi connectivity index (χ1) is 7.67. The highest BCUT2D eigenvalue weighted by molar-refractivity contribution is 6.40. The van der Waals surface area contributed by atoms with Crippen LogP contribution in [0.3, 0.4) is 0 Å². The molecule has 0 unspecified atom stereocenters. The van der Waals surface area contributed by atoms with Crippen LogP contribution in [0.15, 0.2) is 34.4 Å². The summed E-state index contributed by atoms with van der Waals surface area (Å²) in [6.07, 6.45) is 0. The van der Waals surface area contributed by atoms with Crippen molar-refractivity contribution in [2.24, 2.45) is 10.1 Å². The van der Waals surface area contributed by atoms with Crippen LogP contribution >= 0.6 is 0 Å². The lowest BCUT2D eigenvalue weighted by atomic mass is 10.2. The van der Waals surface area contributed by atoms with Gasteiger partial charge in [0.2, 0.25) is 0 Å². The molecule has 0 bridgehead atoms. The zero-order chi connectivity index (χ0) is 12.0. The lowest BCUT2D eigenvalue weighted by Crippen LogP contribution is -2.04. The fraction of sp³-hybridized carbons (Fsp3) is 0.333. The first-order valence-electron chi connectivity index (χ1n) is 5.14. The van der Waals surface area contributed by atoms with Crippen molar-refractivity contribution < 1.29 is 9.94 Å². The van der Waals surface area contributed by atoms with E-state index in [1.807, 2.05) is 31.2 Å². The number of oxime groups is 1. The van der Waals surface area contributed by atoms with Crippen molar-refractivity contribution in [2.45, 2.75) is 20.8 Å². The standard InChI is InChI=1S/C12H16N2O2/c1-4-16-12-7-5-11(6-8-12)13-9(2)10(3)14-15/h5-8,15H,4H2,1-3H3. The van der Waals surface area contributed by atoms with Crippen molar-refractivity contribution in [1.82, 2.24) is 0 Å². The van der Waals surface area contributed by atoms with Crippen LogP contribution in [0, 0.1) is 0 Å². The second kappa shape index (κ2) is 5.90. The minimum absolute atomic E-state index is 0.508. The van der Waals surface area contributed by atoms with Crippen LogP contribution in [0.1, 0.15) is 20.8 Å². The summed E-state index contributed by atoms with van der Waals surface area (Å²) in [7, 11) is 0. The normalized spacial score (nSPS) is 12.7. The summed E-state index contributed by atoms with van der Waals surface area (Å²) >= 11 is 0. The summed E-state index contributed by atoms with van der Waals surface area (Å²) in [6.45, 7) is 6.09. The zero-order valence-electron chi connectivity index (χ0n) is 9.77. The Morgan fingerprint density at radius 2 is 1.81 bits per heavy atom. The average molecular weight is 220 g/mol. The Bertz CT molecular complexity index is 394. The zero-order valence-corrected chi connectivity index (χ0v) is 9.77. The molecule has 1 rings (SSSR count). The summed E-state index contributed by atoms with van der Waals surface area (Å²) < 4.78 is 5.32. The summed E-state index contributed by atoms with van der Waals surface area (Å²) in [5, 5.41) is 11.7. The minimum atomic E-state index is 0.508. The summed E-state index contributed by atoms with van der Waals surface area (Å²) in [5.41, 5.74) is 2.00. The van der Waals surface area contributed by atoms with Gasteiger partial charge in [-0.1, -0.05) is 5.16 Å². The lowest BCUT2D eigenvalue weighted by Gasteiger charge is -2.03. The fourth-order valence-electron chi connectivity index (χ4n) is 1.13. The average Bonchev–Trinajstić information content (AvgIpc) is 2.31.